The molecular formula is C40H49N5O4. The molecule has 0 radical (unpaired) electrons. The summed E-state index contributed by atoms with van der Waals surface area (Å²) in [4.78, 5) is 50.4. The number of hydrogen-bond acceptors (Lipinski definition) is 6. The summed E-state index contributed by atoms with van der Waals surface area (Å²) < 4.78 is 7.37. The standard InChI is InChI=1S/C40H49N5O4/c1-5-22-44(31-14-8-6-9-15-31)38(47)36-33-18-12-13-19-34(33)37(46)45(32-16-10-7-11-17-32)35(36)29-41-25-27-42(28-26-41)30-20-23-43(24-21-30)39(48)49-40(2,3)4/h6-19,30H,5,20-29H2,1-4H3. The molecule has 258 valence electrons. The average Bonchev–Trinajstić information content (AvgIpc) is 3.11. The van der Waals surface area contributed by atoms with Gasteiger partial charge < -0.3 is 14.5 Å². The zero-order chi connectivity index (χ0) is 34.5. The molecular weight excluding hydrogens is 614 g/mol. The van der Waals surface area contributed by atoms with Crippen LogP contribution in [0.3, 0.4) is 0 Å². The zero-order valence-electron chi connectivity index (χ0n) is 29.3. The number of fused-ring (bicyclic) bond motifs is 1. The van der Waals surface area contributed by atoms with Crippen molar-refractivity contribution in [1.29, 1.82) is 0 Å². The molecule has 9 nitrogen and oxygen atoms in total. The molecule has 4 aromatic rings. The summed E-state index contributed by atoms with van der Waals surface area (Å²) in [5.74, 6) is -0.0979. The predicted molar refractivity (Wildman–Crippen MR) is 196 cm³/mol. The van der Waals surface area contributed by atoms with E-state index in [2.05, 4.69) is 16.7 Å². The van der Waals surface area contributed by atoms with Crippen LogP contribution in [0.2, 0.25) is 0 Å². The number of likely N-dealkylation sites (tertiary alicyclic amines) is 1. The van der Waals surface area contributed by atoms with Crippen molar-refractivity contribution in [2.75, 3.05) is 50.7 Å². The minimum Gasteiger partial charge on any atom is -0.444 e. The quantitative estimate of drug-likeness (QED) is 0.213. The van der Waals surface area contributed by atoms with Gasteiger partial charge in [-0.2, -0.15) is 0 Å². The molecule has 2 saturated heterocycles. The highest BCUT2D eigenvalue weighted by molar-refractivity contribution is 6.15. The molecule has 0 bridgehead atoms. The zero-order valence-corrected chi connectivity index (χ0v) is 29.3. The monoisotopic (exact) mass is 663 g/mol. The number of benzene rings is 3. The lowest BCUT2D eigenvalue weighted by atomic mass is 10.00. The van der Waals surface area contributed by atoms with E-state index in [1.807, 2.05) is 116 Å². The summed E-state index contributed by atoms with van der Waals surface area (Å²) >= 11 is 0. The fourth-order valence-corrected chi connectivity index (χ4v) is 7.19. The first-order valence-corrected chi connectivity index (χ1v) is 17.7. The van der Waals surface area contributed by atoms with Crippen LogP contribution in [0.15, 0.2) is 89.7 Å². The van der Waals surface area contributed by atoms with Crippen molar-refractivity contribution in [3.63, 3.8) is 0 Å². The number of rotatable bonds is 8. The smallest absolute Gasteiger partial charge is 0.410 e. The first-order valence-electron chi connectivity index (χ1n) is 17.7. The topological polar surface area (TPSA) is 78.3 Å². The van der Waals surface area contributed by atoms with Crippen LogP contribution in [0.25, 0.3) is 16.5 Å². The molecule has 2 aliphatic heterocycles. The fraction of sp³-hybridized carbons (Fsp3) is 0.425. The molecule has 0 N–H and O–H groups in total. The Morgan fingerprint density at radius 2 is 1.39 bits per heavy atom. The van der Waals surface area contributed by atoms with Crippen molar-refractivity contribution in [3.05, 3.63) is 107 Å². The first-order chi connectivity index (χ1) is 23.6. The summed E-state index contributed by atoms with van der Waals surface area (Å²) in [6.07, 6.45) is 2.40. The third-order valence-electron chi connectivity index (χ3n) is 9.59. The predicted octanol–water partition coefficient (Wildman–Crippen LogP) is 6.56. The number of piperazine rings is 1. The molecule has 2 fully saturated rings. The number of aromatic nitrogens is 1. The molecule has 9 heteroatoms. The Hall–Kier alpha value is -4.47. The third kappa shape index (κ3) is 7.73. The van der Waals surface area contributed by atoms with Gasteiger partial charge in [0.1, 0.15) is 5.60 Å². The second-order valence-electron chi connectivity index (χ2n) is 14.1. The first kappa shape index (κ1) is 34.4. The van der Waals surface area contributed by atoms with Gasteiger partial charge in [-0.1, -0.05) is 61.5 Å². The highest BCUT2D eigenvalue weighted by atomic mass is 16.6. The summed E-state index contributed by atoms with van der Waals surface area (Å²) in [5, 5.41) is 1.22. The molecule has 2 aliphatic rings. The van der Waals surface area contributed by atoms with Gasteiger partial charge in [-0.15, -0.1) is 0 Å². The van der Waals surface area contributed by atoms with Gasteiger partial charge in [0.25, 0.3) is 11.5 Å². The SMILES string of the molecule is CCCN(C(=O)c1c(CN2CCN(C3CCN(C(=O)OC(C)(C)C)CC3)CC2)n(-c2ccccc2)c(=O)c2ccccc12)c1ccccc1. The number of pyridine rings is 1. The van der Waals surface area contributed by atoms with Crippen LogP contribution in [0.4, 0.5) is 10.5 Å². The van der Waals surface area contributed by atoms with Gasteiger partial charge in [0, 0.05) is 80.5 Å². The summed E-state index contributed by atoms with van der Waals surface area (Å²) in [5.41, 5.74) is 2.27. The number of hydrogen-bond donors (Lipinski definition) is 0. The van der Waals surface area contributed by atoms with Gasteiger partial charge in [-0.25, -0.2) is 4.79 Å². The van der Waals surface area contributed by atoms with Crippen molar-refractivity contribution in [2.45, 2.75) is 65.1 Å². The van der Waals surface area contributed by atoms with Crippen LogP contribution < -0.4 is 10.5 Å². The molecule has 2 amide bonds. The van der Waals surface area contributed by atoms with Crippen LogP contribution in [-0.2, 0) is 11.3 Å². The Balaban J connectivity index is 1.30. The van der Waals surface area contributed by atoms with E-state index >= 15 is 0 Å². The summed E-state index contributed by atoms with van der Waals surface area (Å²) in [6, 6.07) is 27.4. The minimum atomic E-state index is -0.499. The number of amides is 2. The molecule has 3 aromatic carbocycles. The highest BCUT2D eigenvalue weighted by Crippen LogP contribution is 2.29. The van der Waals surface area contributed by atoms with Crippen molar-refractivity contribution in [3.8, 4) is 5.69 Å². The molecule has 0 spiro atoms. The van der Waals surface area contributed by atoms with E-state index in [-0.39, 0.29) is 17.6 Å². The van der Waals surface area contributed by atoms with E-state index in [9.17, 15) is 14.4 Å². The Labute approximate surface area is 289 Å². The second-order valence-corrected chi connectivity index (χ2v) is 14.1. The number of para-hydroxylation sites is 2. The van der Waals surface area contributed by atoms with Crippen LogP contribution in [-0.4, -0.2) is 88.7 Å². The van der Waals surface area contributed by atoms with Crippen LogP contribution in [0.1, 0.15) is 63.0 Å². The van der Waals surface area contributed by atoms with E-state index in [4.69, 9.17) is 4.74 Å². The van der Waals surface area contributed by atoms with Crippen LogP contribution in [0, 0.1) is 0 Å². The number of ether oxygens (including phenoxy) is 1. The molecule has 1 aromatic heterocycles. The van der Waals surface area contributed by atoms with Gasteiger partial charge in [-0.3, -0.25) is 24.0 Å². The second kappa shape index (κ2) is 15.0. The van der Waals surface area contributed by atoms with Crippen molar-refractivity contribution in [1.82, 2.24) is 19.3 Å². The van der Waals surface area contributed by atoms with Crippen LogP contribution in [0.5, 0.6) is 0 Å². The third-order valence-corrected chi connectivity index (χ3v) is 9.59. The van der Waals surface area contributed by atoms with Gasteiger partial charge >= 0.3 is 6.09 Å². The van der Waals surface area contributed by atoms with Gasteiger partial charge in [0.2, 0.25) is 0 Å². The normalized spacial score (nSPS) is 16.5. The molecule has 3 heterocycles. The fourth-order valence-electron chi connectivity index (χ4n) is 7.19. The average molecular weight is 664 g/mol. The van der Waals surface area contributed by atoms with Gasteiger partial charge in [0.05, 0.1) is 11.3 Å². The number of piperidine rings is 1. The molecule has 0 atom stereocenters. The lowest BCUT2D eigenvalue weighted by molar-refractivity contribution is 0.00961. The van der Waals surface area contributed by atoms with Crippen LogP contribution >= 0.6 is 0 Å². The van der Waals surface area contributed by atoms with Crippen molar-refractivity contribution in [2.24, 2.45) is 0 Å². The lowest BCUT2D eigenvalue weighted by Gasteiger charge is -2.43. The van der Waals surface area contributed by atoms with Gasteiger partial charge in [0.15, 0.2) is 0 Å². The lowest BCUT2D eigenvalue weighted by Crippen LogP contribution is -2.54. The Bertz CT molecular complexity index is 1800. The largest absolute Gasteiger partial charge is 0.444 e. The van der Waals surface area contributed by atoms with E-state index in [1.165, 1.54) is 0 Å². The maximum absolute atomic E-state index is 14.9. The van der Waals surface area contributed by atoms with Gasteiger partial charge in [-0.05, 0) is 70.4 Å². The maximum Gasteiger partial charge on any atom is 0.410 e. The molecule has 0 aliphatic carbocycles. The number of nitrogens with zero attached hydrogens (tertiary/aromatic N) is 5. The molecule has 49 heavy (non-hydrogen) atoms. The number of anilines is 1. The van der Waals surface area contributed by atoms with Crippen molar-refractivity contribution < 1.29 is 14.3 Å². The minimum absolute atomic E-state index is 0.0979. The maximum atomic E-state index is 14.9. The Morgan fingerprint density at radius 1 is 0.796 bits per heavy atom. The molecule has 6 rings (SSSR count). The molecule has 0 unspecified atom stereocenters. The van der Waals surface area contributed by atoms with E-state index in [0.29, 0.717) is 48.6 Å². The van der Waals surface area contributed by atoms with E-state index < -0.39 is 5.60 Å². The van der Waals surface area contributed by atoms with E-state index in [1.54, 1.807) is 4.57 Å². The summed E-state index contributed by atoms with van der Waals surface area (Å²) in [7, 11) is 0. The molecule has 0 saturated carbocycles. The van der Waals surface area contributed by atoms with E-state index in [0.717, 1.165) is 62.5 Å². The van der Waals surface area contributed by atoms with Crippen molar-refractivity contribution >= 4 is 28.5 Å². The highest BCUT2D eigenvalue weighted by Gasteiger charge is 2.33. The summed E-state index contributed by atoms with van der Waals surface area (Å²) in [6.45, 7) is 13.6. The Kier molecular flexibility index (Phi) is 10.5. The number of carbonyl (C=O) groups is 2. The Morgan fingerprint density at radius 3 is 2.00 bits per heavy atom. The number of carbonyl (C=O) groups excluding carboxylic acids is 2.